The molecule has 84 valence electrons. The van der Waals surface area contributed by atoms with Gasteiger partial charge in [-0.15, -0.1) is 0 Å². The van der Waals surface area contributed by atoms with Gasteiger partial charge in [-0.3, -0.25) is 0 Å². The Bertz CT molecular complexity index is 144. The molecule has 1 heteroatoms. The highest BCUT2D eigenvalue weighted by Gasteiger charge is 2.28. The second-order valence-electron chi connectivity index (χ2n) is 5.01. The molecule has 14 heavy (non-hydrogen) atoms. The van der Waals surface area contributed by atoms with Crippen molar-refractivity contribution < 1.29 is 0 Å². The van der Waals surface area contributed by atoms with E-state index < -0.39 is 0 Å². The van der Waals surface area contributed by atoms with Crippen molar-refractivity contribution in [2.45, 2.75) is 58.8 Å². The van der Waals surface area contributed by atoms with Crippen LogP contribution < -0.4 is 5.73 Å². The molecule has 1 aliphatic rings. The molecule has 0 spiro atoms. The lowest BCUT2D eigenvalue weighted by atomic mass is 9.71. The number of nitrogens with two attached hydrogens (primary N) is 1. The second kappa shape index (κ2) is 6.44. The highest BCUT2D eigenvalue weighted by molar-refractivity contribution is 4.80. The Hall–Kier alpha value is -0.0400. The molecule has 0 aromatic heterocycles. The van der Waals surface area contributed by atoms with Crippen LogP contribution in [0.1, 0.15) is 58.8 Å². The van der Waals surface area contributed by atoms with Crippen LogP contribution in [-0.4, -0.2) is 6.54 Å². The van der Waals surface area contributed by atoms with E-state index in [0.29, 0.717) is 0 Å². The van der Waals surface area contributed by atoms with E-state index in [1.54, 1.807) is 0 Å². The maximum atomic E-state index is 5.84. The van der Waals surface area contributed by atoms with Gasteiger partial charge >= 0.3 is 0 Å². The summed E-state index contributed by atoms with van der Waals surface area (Å²) in [7, 11) is 0. The minimum Gasteiger partial charge on any atom is -0.330 e. The zero-order valence-electron chi connectivity index (χ0n) is 9.97. The van der Waals surface area contributed by atoms with E-state index in [1.807, 2.05) is 0 Å². The first-order valence-electron chi connectivity index (χ1n) is 6.51. The predicted octanol–water partition coefficient (Wildman–Crippen LogP) is 3.58. The Kier molecular flexibility index (Phi) is 5.54. The summed E-state index contributed by atoms with van der Waals surface area (Å²) in [4.78, 5) is 0. The molecule has 0 heterocycles. The molecular weight excluding hydrogens is 170 g/mol. The summed E-state index contributed by atoms with van der Waals surface area (Å²) in [5, 5.41) is 0. The summed E-state index contributed by atoms with van der Waals surface area (Å²) in [5.41, 5.74) is 5.84. The van der Waals surface area contributed by atoms with Crippen LogP contribution in [0.2, 0.25) is 0 Å². The molecule has 2 N–H and O–H groups in total. The van der Waals surface area contributed by atoms with E-state index in [-0.39, 0.29) is 0 Å². The summed E-state index contributed by atoms with van der Waals surface area (Å²) < 4.78 is 0. The summed E-state index contributed by atoms with van der Waals surface area (Å²) in [5.74, 6) is 2.79. The smallest absolute Gasteiger partial charge is 0.00462 e. The van der Waals surface area contributed by atoms with E-state index in [9.17, 15) is 0 Å². The van der Waals surface area contributed by atoms with E-state index in [4.69, 9.17) is 5.73 Å². The minimum atomic E-state index is 0.836. The molecule has 3 unspecified atom stereocenters. The van der Waals surface area contributed by atoms with Crippen LogP contribution in [-0.2, 0) is 0 Å². The first-order chi connectivity index (χ1) is 6.81. The summed E-state index contributed by atoms with van der Waals surface area (Å²) in [6.45, 7) is 5.53. The van der Waals surface area contributed by atoms with Crippen molar-refractivity contribution in [3.8, 4) is 0 Å². The number of rotatable bonds is 5. The van der Waals surface area contributed by atoms with E-state index >= 15 is 0 Å². The Balaban J connectivity index is 2.39. The fourth-order valence-corrected chi connectivity index (χ4v) is 3.13. The van der Waals surface area contributed by atoms with Gasteiger partial charge in [-0.1, -0.05) is 46.0 Å². The molecule has 3 atom stereocenters. The third-order valence-corrected chi connectivity index (χ3v) is 3.91. The van der Waals surface area contributed by atoms with E-state index in [1.165, 1.54) is 44.9 Å². The van der Waals surface area contributed by atoms with Gasteiger partial charge in [0.05, 0.1) is 0 Å². The molecular formula is C13H27N. The average Bonchev–Trinajstić information content (AvgIpc) is 2.19. The summed E-state index contributed by atoms with van der Waals surface area (Å²) in [6.07, 6.45) is 9.84. The fraction of sp³-hybridized carbons (Fsp3) is 1.00. The van der Waals surface area contributed by atoms with Crippen molar-refractivity contribution in [2.75, 3.05) is 6.54 Å². The largest absolute Gasteiger partial charge is 0.330 e. The minimum absolute atomic E-state index is 0.836. The van der Waals surface area contributed by atoms with Crippen molar-refractivity contribution in [2.24, 2.45) is 23.5 Å². The molecule has 1 fully saturated rings. The van der Waals surface area contributed by atoms with Gasteiger partial charge in [0.2, 0.25) is 0 Å². The van der Waals surface area contributed by atoms with Gasteiger partial charge in [0.15, 0.2) is 0 Å². The quantitative estimate of drug-likeness (QED) is 0.716. The normalized spacial score (nSPS) is 33.2. The van der Waals surface area contributed by atoms with Gasteiger partial charge in [-0.25, -0.2) is 0 Å². The van der Waals surface area contributed by atoms with Crippen molar-refractivity contribution in [3.63, 3.8) is 0 Å². The molecule has 1 saturated carbocycles. The molecule has 0 aliphatic heterocycles. The first kappa shape index (κ1) is 12.0. The van der Waals surface area contributed by atoms with Gasteiger partial charge < -0.3 is 5.73 Å². The summed E-state index contributed by atoms with van der Waals surface area (Å²) in [6, 6.07) is 0. The lowest BCUT2D eigenvalue weighted by Crippen LogP contribution is -2.30. The topological polar surface area (TPSA) is 26.0 Å². The van der Waals surface area contributed by atoms with Crippen molar-refractivity contribution in [3.05, 3.63) is 0 Å². The highest BCUT2D eigenvalue weighted by atomic mass is 14.6. The van der Waals surface area contributed by atoms with Gasteiger partial charge in [0.1, 0.15) is 0 Å². The Morgan fingerprint density at radius 1 is 1.00 bits per heavy atom. The average molecular weight is 197 g/mol. The molecule has 0 aromatic carbocycles. The second-order valence-corrected chi connectivity index (χ2v) is 5.01. The Morgan fingerprint density at radius 3 is 2.29 bits per heavy atom. The molecule has 0 aromatic rings. The van der Waals surface area contributed by atoms with Crippen molar-refractivity contribution in [1.29, 1.82) is 0 Å². The SMILES string of the molecule is CCCC1CCC(CN)C(CCC)C1. The Labute approximate surface area is 89.5 Å². The van der Waals surface area contributed by atoms with Crippen LogP contribution in [0.15, 0.2) is 0 Å². The molecule has 0 radical (unpaired) electrons. The van der Waals surface area contributed by atoms with Crippen molar-refractivity contribution in [1.82, 2.24) is 0 Å². The summed E-state index contributed by atoms with van der Waals surface area (Å²) >= 11 is 0. The highest BCUT2D eigenvalue weighted by Crippen LogP contribution is 2.37. The van der Waals surface area contributed by atoms with Crippen LogP contribution in [0.3, 0.4) is 0 Å². The van der Waals surface area contributed by atoms with Crippen LogP contribution in [0, 0.1) is 17.8 Å². The monoisotopic (exact) mass is 197 g/mol. The Morgan fingerprint density at radius 2 is 1.71 bits per heavy atom. The lowest BCUT2D eigenvalue weighted by molar-refractivity contribution is 0.166. The van der Waals surface area contributed by atoms with Crippen LogP contribution in [0.5, 0.6) is 0 Å². The third kappa shape index (κ3) is 3.27. The maximum Gasteiger partial charge on any atom is -0.00462 e. The molecule has 0 saturated heterocycles. The molecule has 0 amide bonds. The van der Waals surface area contributed by atoms with Gasteiger partial charge in [-0.05, 0) is 37.1 Å². The van der Waals surface area contributed by atoms with Crippen LogP contribution >= 0.6 is 0 Å². The molecule has 1 aliphatic carbocycles. The maximum absolute atomic E-state index is 5.84. The number of hydrogen-bond donors (Lipinski definition) is 1. The van der Waals surface area contributed by atoms with Gasteiger partial charge in [0.25, 0.3) is 0 Å². The molecule has 1 nitrogen and oxygen atoms in total. The van der Waals surface area contributed by atoms with E-state index in [2.05, 4.69) is 13.8 Å². The van der Waals surface area contributed by atoms with Gasteiger partial charge in [-0.2, -0.15) is 0 Å². The predicted molar refractivity (Wildman–Crippen MR) is 63.2 cm³/mol. The van der Waals surface area contributed by atoms with Crippen LogP contribution in [0.25, 0.3) is 0 Å². The third-order valence-electron chi connectivity index (χ3n) is 3.91. The zero-order valence-corrected chi connectivity index (χ0v) is 9.97. The van der Waals surface area contributed by atoms with E-state index in [0.717, 1.165) is 24.3 Å². The zero-order chi connectivity index (χ0) is 10.4. The van der Waals surface area contributed by atoms with Gasteiger partial charge in [0, 0.05) is 0 Å². The lowest BCUT2D eigenvalue weighted by Gasteiger charge is -2.35. The van der Waals surface area contributed by atoms with Crippen molar-refractivity contribution >= 4 is 0 Å². The standard InChI is InChI=1S/C13H27N/c1-3-5-11-7-8-13(10-14)12(9-11)6-4-2/h11-13H,3-10,14H2,1-2H3. The first-order valence-corrected chi connectivity index (χ1v) is 6.51. The number of hydrogen-bond acceptors (Lipinski definition) is 1. The van der Waals surface area contributed by atoms with Crippen LogP contribution in [0.4, 0.5) is 0 Å². The molecule has 1 rings (SSSR count). The fourth-order valence-electron chi connectivity index (χ4n) is 3.13. The molecule has 0 bridgehead atoms.